The van der Waals surface area contributed by atoms with Crippen LogP contribution in [0.2, 0.25) is 0 Å². The maximum atomic E-state index is 12.0. The molecule has 7 nitrogen and oxygen atoms in total. The molecule has 24 heavy (non-hydrogen) atoms. The average molecular weight is 322 g/mol. The van der Waals surface area contributed by atoms with Gasteiger partial charge in [0.15, 0.2) is 11.6 Å². The van der Waals surface area contributed by atoms with Crippen molar-refractivity contribution in [3.05, 3.63) is 42.4 Å². The fraction of sp³-hybridized carbons (Fsp3) is 0.294. The summed E-state index contributed by atoms with van der Waals surface area (Å²) in [5, 5.41) is 8.70. The molecule has 7 heteroatoms. The molecule has 0 saturated carbocycles. The van der Waals surface area contributed by atoms with Gasteiger partial charge in [0.05, 0.1) is 6.20 Å². The van der Waals surface area contributed by atoms with Gasteiger partial charge in [-0.2, -0.15) is 9.78 Å². The van der Waals surface area contributed by atoms with Gasteiger partial charge in [-0.25, -0.2) is 4.98 Å². The van der Waals surface area contributed by atoms with Crippen molar-refractivity contribution in [3.63, 3.8) is 0 Å². The molecule has 1 aliphatic heterocycles. The summed E-state index contributed by atoms with van der Waals surface area (Å²) in [6.07, 6.45) is 3.26. The number of anilines is 1. The van der Waals surface area contributed by atoms with Crippen LogP contribution in [0.5, 0.6) is 0 Å². The summed E-state index contributed by atoms with van der Waals surface area (Å²) >= 11 is 0. The third-order valence-electron chi connectivity index (χ3n) is 4.21. The number of aryl methyl sites for hydroxylation is 2. The van der Waals surface area contributed by atoms with E-state index in [1.54, 1.807) is 15.6 Å². The van der Waals surface area contributed by atoms with Crippen LogP contribution in [0.15, 0.2) is 36.5 Å². The van der Waals surface area contributed by atoms with Gasteiger partial charge < -0.3 is 4.90 Å². The van der Waals surface area contributed by atoms with Gasteiger partial charge in [0.1, 0.15) is 5.82 Å². The van der Waals surface area contributed by atoms with Crippen molar-refractivity contribution in [1.29, 1.82) is 0 Å². The topological polar surface area (TPSA) is 68.8 Å². The van der Waals surface area contributed by atoms with E-state index in [-0.39, 0.29) is 5.91 Å². The van der Waals surface area contributed by atoms with Gasteiger partial charge in [-0.1, -0.05) is 12.1 Å². The van der Waals surface area contributed by atoms with Gasteiger partial charge in [-0.15, -0.1) is 5.10 Å². The number of amides is 1. The van der Waals surface area contributed by atoms with Crippen molar-refractivity contribution in [2.75, 3.05) is 11.4 Å². The van der Waals surface area contributed by atoms with Gasteiger partial charge in [0.2, 0.25) is 5.91 Å². The number of carbonyl (C=O) groups excluding carboxylic acids is 1. The van der Waals surface area contributed by atoms with Gasteiger partial charge >= 0.3 is 0 Å². The van der Waals surface area contributed by atoms with E-state index in [1.165, 1.54) is 0 Å². The molecule has 122 valence electrons. The van der Waals surface area contributed by atoms with Crippen LogP contribution in [0.1, 0.15) is 18.7 Å². The van der Waals surface area contributed by atoms with Crippen molar-refractivity contribution < 1.29 is 4.79 Å². The van der Waals surface area contributed by atoms with Crippen molar-refractivity contribution in [2.24, 2.45) is 7.05 Å². The molecule has 0 atom stereocenters. The average Bonchev–Trinajstić information content (AvgIpc) is 3.27. The van der Waals surface area contributed by atoms with Gasteiger partial charge in [-0.05, 0) is 25.5 Å². The largest absolute Gasteiger partial charge is 0.312 e. The van der Waals surface area contributed by atoms with E-state index < -0.39 is 0 Å². The van der Waals surface area contributed by atoms with Crippen LogP contribution < -0.4 is 4.90 Å². The molecule has 3 aromatic rings. The molecule has 1 saturated heterocycles. The Bertz CT molecular complexity index is 909. The fourth-order valence-electron chi connectivity index (χ4n) is 3.07. The molecule has 1 aromatic carbocycles. The van der Waals surface area contributed by atoms with E-state index in [9.17, 15) is 4.79 Å². The Hall–Kier alpha value is -2.96. The lowest BCUT2D eigenvalue weighted by molar-refractivity contribution is -0.117. The van der Waals surface area contributed by atoms with Gasteiger partial charge in [0, 0.05) is 37.3 Å². The first-order valence-electron chi connectivity index (χ1n) is 7.96. The van der Waals surface area contributed by atoms with Gasteiger partial charge in [-0.3, -0.25) is 9.48 Å². The summed E-state index contributed by atoms with van der Waals surface area (Å²) in [4.78, 5) is 18.4. The molecule has 0 bridgehead atoms. The number of hydrogen-bond donors (Lipinski definition) is 0. The maximum Gasteiger partial charge on any atom is 0.227 e. The lowest BCUT2D eigenvalue weighted by Crippen LogP contribution is -2.23. The normalized spacial score (nSPS) is 14.6. The second-order valence-corrected chi connectivity index (χ2v) is 5.91. The van der Waals surface area contributed by atoms with E-state index in [2.05, 4.69) is 15.2 Å². The number of benzene rings is 1. The summed E-state index contributed by atoms with van der Waals surface area (Å²) in [6.45, 7) is 2.64. The summed E-state index contributed by atoms with van der Waals surface area (Å²) < 4.78 is 3.54. The number of nitrogens with zero attached hydrogens (tertiary/aromatic N) is 6. The minimum absolute atomic E-state index is 0.177. The second-order valence-electron chi connectivity index (χ2n) is 5.91. The molecule has 3 heterocycles. The van der Waals surface area contributed by atoms with Gasteiger partial charge in [0.25, 0.3) is 0 Å². The zero-order valence-corrected chi connectivity index (χ0v) is 13.7. The minimum atomic E-state index is 0.177. The lowest BCUT2D eigenvalue weighted by Gasteiger charge is -2.16. The van der Waals surface area contributed by atoms with E-state index >= 15 is 0 Å². The fourth-order valence-corrected chi connectivity index (χ4v) is 3.07. The predicted molar refractivity (Wildman–Crippen MR) is 89.9 cm³/mol. The molecule has 0 spiro atoms. The van der Waals surface area contributed by atoms with E-state index in [1.807, 2.05) is 49.2 Å². The Kier molecular flexibility index (Phi) is 3.41. The molecule has 4 rings (SSSR count). The zero-order chi connectivity index (χ0) is 16.7. The van der Waals surface area contributed by atoms with Crippen molar-refractivity contribution >= 4 is 11.6 Å². The van der Waals surface area contributed by atoms with Crippen molar-refractivity contribution in [3.8, 4) is 17.2 Å². The number of aromatic nitrogens is 5. The first kappa shape index (κ1) is 14.6. The van der Waals surface area contributed by atoms with Crippen LogP contribution in [0.4, 0.5) is 5.69 Å². The molecule has 0 aliphatic carbocycles. The third-order valence-corrected chi connectivity index (χ3v) is 4.21. The highest BCUT2D eigenvalue weighted by Gasteiger charge is 2.22. The number of carbonyl (C=O) groups is 1. The van der Waals surface area contributed by atoms with Crippen LogP contribution in [0.3, 0.4) is 0 Å². The van der Waals surface area contributed by atoms with E-state index in [0.717, 1.165) is 35.9 Å². The molecule has 1 fully saturated rings. The Balaban J connectivity index is 1.80. The molecule has 0 radical (unpaired) electrons. The highest BCUT2D eigenvalue weighted by molar-refractivity contribution is 5.95. The molecule has 0 unspecified atom stereocenters. The first-order chi connectivity index (χ1) is 11.6. The van der Waals surface area contributed by atoms with Crippen LogP contribution in [-0.2, 0) is 11.8 Å². The predicted octanol–water partition coefficient (Wildman–Crippen LogP) is 2.10. The molecule has 1 aliphatic rings. The Morgan fingerprint density at radius 3 is 2.79 bits per heavy atom. The second kappa shape index (κ2) is 5.59. The Morgan fingerprint density at radius 1 is 1.21 bits per heavy atom. The van der Waals surface area contributed by atoms with Crippen molar-refractivity contribution in [2.45, 2.75) is 19.8 Å². The molecule has 2 aromatic heterocycles. The van der Waals surface area contributed by atoms with E-state index in [0.29, 0.717) is 12.2 Å². The van der Waals surface area contributed by atoms with Crippen LogP contribution in [0, 0.1) is 6.92 Å². The zero-order valence-electron chi connectivity index (χ0n) is 13.7. The maximum absolute atomic E-state index is 12.0. The molecular weight excluding hydrogens is 304 g/mol. The number of rotatable bonds is 3. The summed E-state index contributed by atoms with van der Waals surface area (Å²) in [5.41, 5.74) is 1.83. The van der Waals surface area contributed by atoms with Crippen LogP contribution in [0.25, 0.3) is 17.2 Å². The standard InChI is InChI=1S/C17H18N6O/c1-12-19-17(23(20-12)15-8-9-18-21(15)2)13-5-3-6-14(11-13)22-10-4-7-16(22)24/h3,5-6,8-9,11H,4,7,10H2,1-2H3. The SMILES string of the molecule is Cc1nc(-c2cccc(N3CCCC3=O)c2)n(-c2ccnn2C)n1. The molecule has 1 amide bonds. The summed E-state index contributed by atoms with van der Waals surface area (Å²) in [6, 6.07) is 9.80. The smallest absolute Gasteiger partial charge is 0.227 e. The Labute approximate surface area is 139 Å². The van der Waals surface area contributed by atoms with Crippen molar-refractivity contribution in [1.82, 2.24) is 24.5 Å². The highest BCUT2D eigenvalue weighted by atomic mass is 16.2. The minimum Gasteiger partial charge on any atom is -0.312 e. The third kappa shape index (κ3) is 2.38. The van der Waals surface area contributed by atoms with Crippen LogP contribution in [-0.4, -0.2) is 37.0 Å². The summed E-state index contributed by atoms with van der Waals surface area (Å²) in [7, 11) is 1.87. The van der Waals surface area contributed by atoms with E-state index in [4.69, 9.17) is 0 Å². The quantitative estimate of drug-likeness (QED) is 0.740. The first-order valence-corrected chi connectivity index (χ1v) is 7.96. The highest BCUT2D eigenvalue weighted by Crippen LogP contribution is 2.27. The molecular formula is C17H18N6O. The number of hydrogen-bond acceptors (Lipinski definition) is 4. The summed E-state index contributed by atoms with van der Waals surface area (Å²) in [5.74, 6) is 2.45. The Morgan fingerprint density at radius 2 is 2.08 bits per heavy atom. The lowest BCUT2D eigenvalue weighted by atomic mass is 10.1. The monoisotopic (exact) mass is 322 g/mol. The van der Waals surface area contributed by atoms with Crippen LogP contribution >= 0.6 is 0 Å². The molecule has 0 N–H and O–H groups in total.